The highest BCUT2D eigenvalue weighted by molar-refractivity contribution is 5.96. The molecule has 0 radical (unpaired) electrons. The Morgan fingerprint density at radius 2 is 2.04 bits per heavy atom. The number of morpholine rings is 1. The molecule has 0 unspecified atom stereocenters. The fourth-order valence-electron chi connectivity index (χ4n) is 3.68. The Morgan fingerprint density at radius 1 is 1.24 bits per heavy atom. The van der Waals surface area contributed by atoms with Gasteiger partial charge in [0.1, 0.15) is 0 Å². The van der Waals surface area contributed by atoms with E-state index in [0.717, 1.165) is 44.8 Å². The van der Waals surface area contributed by atoms with Crippen LogP contribution in [0.1, 0.15) is 41.6 Å². The van der Waals surface area contributed by atoms with Gasteiger partial charge in [-0.1, -0.05) is 0 Å². The first kappa shape index (κ1) is 16.6. The van der Waals surface area contributed by atoms with Crippen molar-refractivity contribution in [1.82, 2.24) is 9.47 Å². The number of benzene rings is 1. The molecular formula is C20H26N2O3. The maximum absolute atomic E-state index is 12.2. The second-order valence-electron chi connectivity index (χ2n) is 6.96. The highest BCUT2D eigenvalue weighted by Crippen LogP contribution is 2.44. The normalized spacial score (nSPS) is 18.6. The number of fused-ring (bicyclic) bond motifs is 1. The summed E-state index contributed by atoms with van der Waals surface area (Å²) >= 11 is 0. The number of hydrogen-bond acceptors (Lipinski definition) is 4. The fraction of sp³-hybridized carbons (Fsp3) is 0.550. The van der Waals surface area contributed by atoms with Crippen molar-refractivity contribution in [3.8, 4) is 0 Å². The molecule has 5 heteroatoms. The van der Waals surface area contributed by atoms with Crippen molar-refractivity contribution in [2.45, 2.75) is 32.2 Å². The highest BCUT2D eigenvalue weighted by atomic mass is 16.5. The van der Waals surface area contributed by atoms with Crippen molar-refractivity contribution < 1.29 is 14.3 Å². The van der Waals surface area contributed by atoms with E-state index < -0.39 is 0 Å². The minimum Gasteiger partial charge on any atom is -0.462 e. The summed E-state index contributed by atoms with van der Waals surface area (Å²) in [6.07, 6.45) is 4.60. The molecule has 1 saturated heterocycles. The predicted molar refractivity (Wildman–Crippen MR) is 97.1 cm³/mol. The van der Waals surface area contributed by atoms with Crippen LogP contribution in [0.25, 0.3) is 10.9 Å². The molecule has 0 atom stereocenters. The van der Waals surface area contributed by atoms with E-state index in [1.807, 2.05) is 13.0 Å². The second kappa shape index (κ2) is 7.18. The van der Waals surface area contributed by atoms with Crippen molar-refractivity contribution in [3.63, 3.8) is 0 Å². The van der Waals surface area contributed by atoms with Crippen LogP contribution in [-0.2, 0) is 16.0 Å². The molecule has 1 saturated carbocycles. The van der Waals surface area contributed by atoms with Crippen molar-refractivity contribution in [3.05, 3.63) is 35.5 Å². The minimum absolute atomic E-state index is 0.215. The molecule has 5 nitrogen and oxygen atoms in total. The van der Waals surface area contributed by atoms with E-state index in [2.05, 4.69) is 27.8 Å². The van der Waals surface area contributed by atoms with Gasteiger partial charge in [-0.3, -0.25) is 4.90 Å². The maximum Gasteiger partial charge on any atom is 0.338 e. The van der Waals surface area contributed by atoms with Gasteiger partial charge in [0.2, 0.25) is 0 Å². The topological polar surface area (TPSA) is 43.7 Å². The molecule has 134 valence electrons. The van der Waals surface area contributed by atoms with Gasteiger partial charge in [0.25, 0.3) is 0 Å². The first-order valence-electron chi connectivity index (χ1n) is 9.36. The van der Waals surface area contributed by atoms with Crippen molar-refractivity contribution in [2.75, 3.05) is 39.5 Å². The molecule has 2 fully saturated rings. The summed E-state index contributed by atoms with van der Waals surface area (Å²) < 4.78 is 13.0. The van der Waals surface area contributed by atoms with E-state index in [9.17, 15) is 4.79 Å². The average Bonchev–Trinajstić information content (AvgIpc) is 3.40. The molecule has 1 aromatic carbocycles. The Kier molecular flexibility index (Phi) is 4.77. The average molecular weight is 342 g/mol. The SMILES string of the molecule is CCOC(=O)c1cc(C2CC2)c2c(ccn2CCN2CCOCC2)c1. The molecule has 0 N–H and O–H groups in total. The van der Waals surface area contributed by atoms with E-state index >= 15 is 0 Å². The van der Waals surface area contributed by atoms with Gasteiger partial charge in [-0.25, -0.2) is 4.79 Å². The Labute approximate surface area is 148 Å². The molecule has 2 aromatic rings. The Bertz CT molecular complexity index is 758. The number of nitrogens with zero attached hydrogens (tertiary/aromatic N) is 2. The van der Waals surface area contributed by atoms with Gasteiger partial charge >= 0.3 is 5.97 Å². The van der Waals surface area contributed by atoms with Gasteiger partial charge in [-0.2, -0.15) is 0 Å². The third-order valence-corrected chi connectivity index (χ3v) is 5.18. The molecule has 1 aromatic heterocycles. The number of carbonyl (C=O) groups is 1. The lowest BCUT2D eigenvalue weighted by molar-refractivity contribution is 0.0365. The van der Waals surface area contributed by atoms with Crippen LogP contribution >= 0.6 is 0 Å². The summed E-state index contributed by atoms with van der Waals surface area (Å²) in [6.45, 7) is 7.98. The lowest BCUT2D eigenvalue weighted by Crippen LogP contribution is -2.38. The van der Waals surface area contributed by atoms with Gasteiger partial charge in [-0.05, 0) is 49.4 Å². The van der Waals surface area contributed by atoms with Gasteiger partial charge < -0.3 is 14.0 Å². The molecule has 0 amide bonds. The largest absolute Gasteiger partial charge is 0.462 e. The summed E-state index contributed by atoms with van der Waals surface area (Å²) in [6, 6.07) is 6.16. The summed E-state index contributed by atoms with van der Waals surface area (Å²) in [7, 11) is 0. The zero-order chi connectivity index (χ0) is 17.2. The van der Waals surface area contributed by atoms with Gasteiger partial charge in [-0.15, -0.1) is 0 Å². The number of ether oxygens (including phenoxy) is 2. The third-order valence-electron chi connectivity index (χ3n) is 5.18. The number of hydrogen-bond donors (Lipinski definition) is 0. The van der Waals surface area contributed by atoms with Crippen molar-refractivity contribution >= 4 is 16.9 Å². The first-order valence-corrected chi connectivity index (χ1v) is 9.36. The Morgan fingerprint density at radius 3 is 2.76 bits per heavy atom. The van der Waals surface area contributed by atoms with Crippen LogP contribution in [-0.4, -0.2) is 54.9 Å². The molecular weight excluding hydrogens is 316 g/mol. The van der Waals surface area contributed by atoms with Crippen LogP contribution in [0.15, 0.2) is 24.4 Å². The number of aromatic nitrogens is 1. The monoisotopic (exact) mass is 342 g/mol. The zero-order valence-electron chi connectivity index (χ0n) is 14.9. The number of carbonyl (C=O) groups excluding carboxylic acids is 1. The summed E-state index contributed by atoms with van der Waals surface area (Å²) in [5, 5.41) is 1.15. The zero-order valence-corrected chi connectivity index (χ0v) is 14.9. The van der Waals surface area contributed by atoms with E-state index in [1.54, 1.807) is 0 Å². The van der Waals surface area contributed by atoms with E-state index in [4.69, 9.17) is 9.47 Å². The highest BCUT2D eigenvalue weighted by Gasteiger charge is 2.28. The molecule has 25 heavy (non-hydrogen) atoms. The quantitative estimate of drug-likeness (QED) is 0.757. The molecule has 1 aliphatic carbocycles. The van der Waals surface area contributed by atoms with E-state index in [0.29, 0.717) is 18.1 Å². The minimum atomic E-state index is -0.215. The van der Waals surface area contributed by atoms with Gasteiger partial charge in [0.05, 0.1) is 30.9 Å². The van der Waals surface area contributed by atoms with Crippen molar-refractivity contribution in [1.29, 1.82) is 0 Å². The molecule has 0 bridgehead atoms. The van der Waals surface area contributed by atoms with E-state index in [1.165, 1.54) is 23.9 Å². The maximum atomic E-state index is 12.2. The summed E-state index contributed by atoms with van der Waals surface area (Å²) in [5.41, 5.74) is 3.29. The smallest absolute Gasteiger partial charge is 0.338 e. The number of rotatable bonds is 6. The van der Waals surface area contributed by atoms with E-state index in [-0.39, 0.29) is 5.97 Å². The summed E-state index contributed by atoms with van der Waals surface area (Å²) in [5.74, 6) is 0.376. The Balaban J connectivity index is 1.61. The lowest BCUT2D eigenvalue weighted by atomic mass is 10.0. The number of esters is 1. The lowest BCUT2D eigenvalue weighted by Gasteiger charge is -2.26. The standard InChI is InChI=1S/C20H26N2O3/c1-2-25-20(23)17-13-16-5-6-22(8-7-21-9-11-24-12-10-21)19(16)18(14-17)15-3-4-15/h5-6,13-15H,2-4,7-12H2,1H3. The Hall–Kier alpha value is -1.85. The fourth-order valence-corrected chi connectivity index (χ4v) is 3.68. The van der Waals surface area contributed by atoms with Crippen LogP contribution in [0.5, 0.6) is 0 Å². The van der Waals surface area contributed by atoms with Crippen LogP contribution in [0.3, 0.4) is 0 Å². The van der Waals surface area contributed by atoms with Gasteiger partial charge in [0, 0.05) is 37.8 Å². The molecule has 4 rings (SSSR count). The van der Waals surface area contributed by atoms with Crippen molar-refractivity contribution in [2.24, 2.45) is 0 Å². The summed E-state index contributed by atoms with van der Waals surface area (Å²) in [4.78, 5) is 14.6. The molecule has 2 aliphatic rings. The molecule has 0 spiro atoms. The van der Waals surface area contributed by atoms with Crippen LogP contribution in [0, 0.1) is 0 Å². The molecule has 1 aliphatic heterocycles. The first-order chi connectivity index (χ1) is 12.3. The van der Waals surface area contributed by atoms with Crippen LogP contribution in [0.4, 0.5) is 0 Å². The van der Waals surface area contributed by atoms with Crippen LogP contribution in [0.2, 0.25) is 0 Å². The predicted octanol–water partition coefficient (Wildman–Crippen LogP) is 3.03. The third kappa shape index (κ3) is 3.58. The molecule has 2 heterocycles. The van der Waals surface area contributed by atoms with Crippen LogP contribution < -0.4 is 0 Å². The second-order valence-corrected chi connectivity index (χ2v) is 6.96. The van der Waals surface area contributed by atoms with Gasteiger partial charge in [0.15, 0.2) is 0 Å².